The number of rotatable bonds is 5. The van der Waals surface area contributed by atoms with Crippen molar-refractivity contribution in [2.24, 2.45) is 0 Å². The van der Waals surface area contributed by atoms with E-state index < -0.39 is 5.60 Å². The number of methoxy groups -OCH3 is 1. The fourth-order valence-corrected chi connectivity index (χ4v) is 3.05. The van der Waals surface area contributed by atoms with E-state index in [2.05, 4.69) is 0 Å². The first-order valence-corrected chi connectivity index (χ1v) is 7.74. The van der Waals surface area contributed by atoms with Crippen molar-refractivity contribution in [2.45, 2.75) is 38.2 Å². The average molecular weight is 303 g/mol. The van der Waals surface area contributed by atoms with Gasteiger partial charge in [0.2, 0.25) is 5.91 Å². The number of benzene rings is 1. The Labute approximate surface area is 132 Å². The topological polar surface area (TPSA) is 49.8 Å². The summed E-state index contributed by atoms with van der Waals surface area (Å²) in [5.41, 5.74) is 1.05. The number of amides is 1. The summed E-state index contributed by atoms with van der Waals surface area (Å²) in [5.74, 6) is 0.657. The van der Waals surface area contributed by atoms with E-state index in [0.29, 0.717) is 6.54 Å². The molecule has 1 saturated carbocycles. The maximum atomic E-state index is 12.4. The van der Waals surface area contributed by atoms with Crippen LogP contribution in [0.15, 0.2) is 30.3 Å². The molecule has 0 bridgehead atoms. The molecule has 22 heavy (non-hydrogen) atoms. The minimum absolute atomic E-state index is 0.0938. The Bertz CT molecular complexity index is 559. The lowest BCUT2D eigenvalue weighted by Gasteiger charge is -2.28. The summed E-state index contributed by atoms with van der Waals surface area (Å²) in [6, 6.07) is 7.63. The van der Waals surface area contributed by atoms with Gasteiger partial charge < -0.3 is 14.7 Å². The number of ether oxygens (including phenoxy) is 1. The van der Waals surface area contributed by atoms with Gasteiger partial charge in [-0.05, 0) is 31.4 Å². The largest absolute Gasteiger partial charge is 0.496 e. The van der Waals surface area contributed by atoms with Crippen molar-refractivity contribution < 1.29 is 14.6 Å². The first-order chi connectivity index (χ1) is 10.4. The smallest absolute Gasteiger partial charge is 0.246 e. The molecule has 0 heterocycles. The van der Waals surface area contributed by atoms with Crippen molar-refractivity contribution >= 4 is 11.5 Å². The van der Waals surface area contributed by atoms with Crippen LogP contribution < -0.4 is 4.74 Å². The highest BCUT2D eigenvalue weighted by atomic mass is 16.5. The van der Waals surface area contributed by atoms with Crippen LogP contribution >= 0.6 is 0 Å². The molecule has 2 rings (SSSR count). The predicted octanol–water partition coefficient (Wildman–Crippen LogP) is 2.86. The van der Waals surface area contributed by atoms with Crippen LogP contribution in [0.3, 0.4) is 0 Å². The molecule has 0 aromatic heterocycles. The van der Waals surface area contributed by atoms with Gasteiger partial charge >= 0.3 is 0 Å². The summed E-state index contributed by atoms with van der Waals surface area (Å²) in [6.45, 7) is 2.29. The number of aliphatic hydroxyl groups is 1. The highest BCUT2D eigenvalue weighted by molar-refractivity contribution is 5.95. The lowest BCUT2D eigenvalue weighted by molar-refractivity contribution is -0.127. The molecular weight excluding hydrogens is 278 g/mol. The molecule has 1 fully saturated rings. The quantitative estimate of drug-likeness (QED) is 0.851. The van der Waals surface area contributed by atoms with Gasteiger partial charge in [0.25, 0.3) is 0 Å². The Hall–Kier alpha value is -1.81. The van der Waals surface area contributed by atoms with Crippen LogP contribution in [0, 0.1) is 0 Å². The molecule has 1 aromatic rings. The molecule has 4 heteroatoms. The second-order valence-electron chi connectivity index (χ2n) is 6.15. The average Bonchev–Trinajstić information content (AvgIpc) is 2.93. The van der Waals surface area contributed by atoms with E-state index in [-0.39, 0.29) is 5.91 Å². The maximum absolute atomic E-state index is 12.4. The van der Waals surface area contributed by atoms with Gasteiger partial charge in [0.1, 0.15) is 5.75 Å². The Morgan fingerprint density at radius 2 is 2.00 bits per heavy atom. The number of para-hydroxylation sites is 1. The van der Waals surface area contributed by atoms with Crippen molar-refractivity contribution in [3.63, 3.8) is 0 Å². The minimum Gasteiger partial charge on any atom is -0.496 e. The third-order valence-corrected chi connectivity index (χ3v) is 4.31. The van der Waals surface area contributed by atoms with Gasteiger partial charge in [-0.15, -0.1) is 0 Å². The van der Waals surface area contributed by atoms with E-state index in [1.54, 1.807) is 25.1 Å². The predicted molar refractivity (Wildman–Crippen MR) is 87.7 cm³/mol. The molecule has 1 aliphatic rings. The third-order valence-electron chi connectivity index (χ3n) is 4.31. The van der Waals surface area contributed by atoms with E-state index >= 15 is 0 Å². The van der Waals surface area contributed by atoms with Crippen molar-refractivity contribution in [1.82, 2.24) is 4.90 Å². The van der Waals surface area contributed by atoms with Gasteiger partial charge in [-0.3, -0.25) is 4.79 Å². The van der Waals surface area contributed by atoms with E-state index in [1.807, 2.05) is 31.2 Å². The summed E-state index contributed by atoms with van der Waals surface area (Å²) >= 11 is 0. The number of carbonyl (C=O) groups excluding carboxylic acids is 1. The van der Waals surface area contributed by atoms with Crippen LogP contribution in [-0.4, -0.2) is 42.2 Å². The molecule has 0 radical (unpaired) electrons. The molecule has 1 N–H and O–H groups in total. The van der Waals surface area contributed by atoms with Crippen molar-refractivity contribution in [3.05, 3.63) is 35.9 Å². The second-order valence-corrected chi connectivity index (χ2v) is 6.15. The highest BCUT2D eigenvalue weighted by Gasteiger charge is 2.33. The molecule has 0 saturated heterocycles. The van der Waals surface area contributed by atoms with Gasteiger partial charge in [-0.1, -0.05) is 31.0 Å². The van der Waals surface area contributed by atoms with E-state index in [4.69, 9.17) is 4.74 Å². The lowest BCUT2D eigenvalue weighted by atomic mass is 10.0. The number of allylic oxidation sites excluding steroid dienone is 1. The second kappa shape index (κ2) is 6.97. The normalized spacial score (nSPS) is 17.4. The van der Waals surface area contributed by atoms with E-state index in [9.17, 15) is 9.90 Å². The lowest BCUT2D eigenvalue weighted by Crippen LogP contribution is -2.41. The van der Waals surface area contributed by atoms with Gasteiger partial charge in [0, 0.05) is 25.2 Å². The molecule has 1 amide bonds. The third kappa shape index (κ3) is 3.89. The molecule has 0 spiro atoms. The maximum Gasteiger partial charge on any atom is 0.246 e. The molecule has 0 unspecified atom stereocenters. The zero-order valence-electron chi connectivity index (χ0n) is 13.6. The fourth-order valence-electron chi connectivity index (χ4n) is 3.05. The van der Waals surface area contributed by atoms with Crippen LogP contribution in [0.4, 0.5) is 0 Å². The van der Waals surface area contributed by atoms with Gasteiger partial charge in [0.15, 0.2) is 0 Å². The summed E-state index contributed by atoms with van der Waals surface area (Å²) in [7, 11) is 3.36. The van der Waals surface area contributed by atoms with Gasteiger partial charge in [0.05, 0.1) is 12.7 Å². The minimum atomic E-state index is -0.712. The molecule has 0 atom stereocenters. The first-order valence-electron chi connectivity index (χ1n) is 7.74. The van der Waals surface area contributed by atoms with Crippen LogP contribution in [0.5, 0.6) is 5.75 Å². The van der Waals surface area contributed by atoms with Gasteiger partial charge in [-0.25, -0.2) is 0 Å². The highest BCUT2D eigenvalue weighted by Crippen LogP contribution is 2.30. The monoisotopic (exact) mass is 303 g/mol. The van der Waals surface area contributed by atoms with Crippen LogP contribution in [0.1, 0.15) is 38.2 Å². The number of hydrogen-bond acceptors (Lipinski definition) is 3. The Kier molecular flexibility index (Phi) is 5.24. The SMILES string of the molecule is COc1ccccc1/C(C)=C/C(=O)N(C)CC1(O)CCCC1. The molecule has 1 aromatic carbocycles. The standard InChI is InChI=1S/C18H25NO3/c1-14(15-8-4-5-9-16(15)22-3)12-17(20)19(2)13-18(21)10-6-7-11-18/h4-5,8-9,12,21H,6-7,10-11,13H2,1-3H3/b14-12+. The summed E-state index contributed by atoms with van der Waals surface area (Å²) < 4.78 is 5.33. The molecule has 4 nitrogen and oxygen atoms in total. The summed E-state index contributed by atoms with van der Waals surface area (Å²) in [6.07, 6.45) is 5.24. The number of nitrogens with zero attached hydrogens (tertiary/aromatic N) is 1. The number of hydrogen-bond donors (Lipinski definition) is 1. The summed E-state index contributed by atoms with van der Waals surface area (Å²) in [4.78, 5) is 14.0. The Morgan fingerprint density at radius 3 is 2.64 bits per heavy atom. The van der Waals surface area contributed by atoms with E-state index in [0.717, 1.165) is 42.6 Å². The van der Waals surface area contributed by atoms with Crippen molar-refractivity contribution in [3.8, 4) is 5.75 Å². The molecule has 0 aliphatic heterocycles. The van der Waals surface area contributed by atoms with Crippen molar-refractivity contribution in [1.29, 1.82) is 0 Å². The Morgan fingerprint density at radius 1 is 1.36 bits per heavy atom. The van der Waals surface area contributed by atoms with Crippen molar-refractivity contribution in [2.75, 3.05) is 20.7 Å². The zero-order chi connectivity index (χ0) is 16.2. The Balaban J connectivity index is 2.08. The molecule has 1 aliphatic carbocycles. The molecule has 120 valence electrons. The number of likely N-dealkylation sites (N-methyl/N-ethyl adjacent to an activating group) is 1. The first kappa shape index (κ1) is 16.6. The van der Waals surface area contributed by atoms with Crippen LogP contribution in [0.25, 0.3) is 5.57 Å². The number of carbonyl (C=O) groups is 1. The summed E-state index contributed by atoms with van der Waals surface area (Å²) in [5, 5.41) is 10.4. The van der Waals surface area contributed by atoms with Crippen LogP contribution in [-0.2, 0) is 4.79 Å². The van der Waals surface area contributed by atoms with Gasteiger partial charge in [-0.2, -0.15) is 0 Å². The fraction of sp³-hybridized carbons (Fsp3) is 0.500. The van der Waals surface area contributed by atoms with E-state index in [1.165, 1.54) is 0 Å². The molecular formula is C18H25NO3. The van der Waals surface area contributed by atoms with Crippen LogP contribution in [0.2, 0.25) is 0 Å². The zero-order valence-corrected chi connectivity index (χ0v) is 13.6.